The van der Waals surface area contributed by atoms with E-state index in [9.17, 15) is 13.2 Å². The van der Waals surface area contributed by atoms with Crippen LogP contribution >= 0.6 is 0 Å². The Balaban J connectivity index is 2.65. The second kappa shape index (κ2) is 8.11. The molecule has 0 aliphatic heterocycles. The summed E-state index contributed by atoms with van der Waals surface area (Å²) in [5.41, 5.74) is 0. The molecule has 1 rings (SSSR count). The van der Waals surface area contributed by atoms with E-state index >= 15 is 0 Å². The molecule has 0 unspecified atom stereocenters. The Morgan fingerprint density at radius 2 is 1.77 bits per heavy atom. The molecule has 0 radical (unpaired) electrons. The smallest absolute Gasteiger partial charge is 0.243 e. The maximum Gasteiger partial charge on any atom is 0.243 e. The summed E-state index contributed by atoms with van der Waals surface area (Å²) >= 11 is 0. The van der Waals surface area contributed by atoms with E-state index in [-0.39, 0.29) is 17.3 Å². The van der Waals surface area contributed by atoms with Gasteiger partial charge < -0.3 is 15.0 Å². The number of carbonyl (C=O) groups is 1. The van der Waals surface area contributed by atoms with Crippen molar-refractivity contribution in [2.45, 2.75) is 4.90 Å². The zero-order chi connectivity index (χ0) is 16.8. The largest absolute Gasteiger partial charge is 0.497 e. The summed E-state index contributed by atoms with van der Waals surface area (Å²) in [6.07, 6.45) is 0. The summed E-state index contributed by atoms with van der Waals surface area (Å²) in [5.74, 6) is 0.240. The number of sulfonamides is 1. The predicted octanol–water partition coefficient (Wildman–Crippen LogP) is -0.00650. The number of hydrogen-bond acceptors (Lipinski definition) is 5. The Labute approximate surface area is 131 Å². The van der Waals surface area contributed by atoms with Crippen LogP contribution in [0, 0.1) is 0 Å². The molecule has 0 spiro atoms. The third-order valence-electron chi connectivity index (χ3n) is 3.02. The van der Waals surface area contributed by atoms with Crippen LogP contribution in [0.1, 0.15) is 0 Å². The minimum absolute atomic E-state index is 0.122. The molecule has 0 aliphatic rings. The van der Waals surface area contributed by atoms with Gasteiger partial charge in [-0.1, -0.05) is 0 Å². The molecule has 1 aromatic rings. The lowest BCUT2D eigenvalue weighted by molar-refractivity contribution is -0.121. The molecule has 0 atom stereocenters. The molecule has 1 amide bonds. The highest BCUT2D eigenvalue weighted by atomic mass is 32.2. The molecular weight excluding hydrogens is 306 g/mol. The summed E-state index contributed by atoms with van der Waals surface area (Å²) in [6.45, 7) is 0.949. The molecule has 1 N–H and O–H groups in total. The second-order valence-corrected chi connectivity index (χ2v) is 7.13. The number of carbonyl (C=O) groups excluding carboxylic acids is 1. The van der Waals surface area contributed by atoms with Crippen molar-refractivity contribution in [1.29, 1.82) is 0 Å². The molecule has 22 heavy (non-hydrogen) atoms. The monoisotopic (exact) mass is 329 g/mol. The van der Waals surface area contributed by atoms with Gasteiger partial charge in [-0.2, -0.15) is 4.31 Å². The zero-order valence-corrected chi connectivity index (χ0v) is 14.2. The number of benzene rings is 1. The van der Waals surface area contributed by atoms with Crippen molar-refractivity contribution in [2.75, 3.05) is 47.9 Å². The summed E-state index contributed by atoms with van der Waals surface area (Å²) < 4.78 is 30.7. The molecule has 0 aliphatic carbocycles. The predicted molar refractivity (Wildman–Crippen MR) is 84.4 cm³/mol. The molecule has 0 fully saturated rings. The topological polar surface area (TPSA) is 79.0 Å². The maximum atomic E-state index is 12.3. The SMILES string of the molecule is COc1ccc(S(=O)(=O)N(C)CC(=O)NCCN(C)C)cc1. The van der Waals surface area contributed by atoms with Crippen LogP contribution < -0.4 is 10.1 Å². The summed E-state index contributed by atoms with van der Waals surface area (Å²) in [6, 6.07) is 6.04. The molecule has 7 nitrogen and oxygen atoms in total. The number of likely N-dealkylation sites (N-methyl/N-ethyl adjacent to an activating group) is 2. The Hall–Kier alpha value is -1.64. The number of nitrogens with zero attached hydrogens (tertiary/aromatic N) is 2. The normalized spacial score (nSPS) is 11.7. The number of hydrogen-bond donors (Lipinski definition) is 1. The fourth-order valence-corrected chi connectivity index (χ4v) is 2.82. The van der Waals surface area contributed by atoms with Crippen LogP contribution in [-0.4, -0.2) is 71.4 Å². The Kier molecular flexibility index (Phi) is 6.79. The Bertz CT molecular complexity index is 585. The number of methoxy groups -OCH3 is 1. The van der Waals surface area contributed by atoms with Crippen LogP contribution in [0.3, 0.4) is 0 Å². The third kappa shape index (κ3) is 5.28. The lowest BCUT2D eigenvalue weighted by Gasteiger charge is -2.17. The first-order valence-electron chi connectivity index (χ1n) is 6.79. The van der Waals surface area contributed by atoms with E-state index in [4.69, 9.17) is 4.74 Å². The number of nitrogens with one attached hydrogen (secondary N) is 1. The van der Waals surface area contributed by atoms with Gasteiger partial charge in [0.1, 0.15) is 5.75 Å². The number of amides is 1. The van der Waals surface area contributed by atoms with Gasteiger partial charge in [0.2, 0.25) is 15.9 Å². The maximum absolute atomic E-state index is 12.3. The van der Waals surface area contributed by atoms with Gasteiger partial charge >= 0.3 is 0 Å². The highest BCUT2D eigenvalue weighted by Crippen LogP contribution is 2.18. The fourth-order valence-electron chi connectivity index (χ4n) is 1.69. The molecule has 8 heteroatoms. The summed E-state index contributed by atoms with van der Waals surface area (Å²) in [4.78, 5) is 13.8. The van der Waals surface area contributed by atoms with Gasteiger partial charge in [-0.05, 0) is 38.4 Å². The van der Waals surface area contributed by atoms with Gasteiger partial charge in [0.25, 0.3) is 0 Å². The summed E-state index contributed by atoms with van der Waals surface area (Å²) in [5, 5.41) is 2.68. The first-order chi connectivity index (χ1) is 10.3. The van der Waals surface area contributed by atoms with E-state index in [1.54, 1.807) is 12.1 Å². The Morgan fingerprint density at radius 3 is 2.27 bits per heavy atom. The minimum Gasteiger partial charge on any atom is -0.497 e. The molecule has 0 saturated carbocycles. The summed E-state index contributed by atoms with van der Waals surface area (Å²) in [7, 11) is 2.98. The van der Waals surface area contributed by atoms with Gasteiger partial charge in [-0.3, -0.25) is 4.79 Å². The standard InChI is InChI=1S/C14H23N3O4S/c1-16(2)10-9-15-14(18)11-17(3)22(19,20)13-7-5-12(21-4)6-8-13/h5-8H,9-11H2,1-4H3,(H,15,18). The van der Waals surface area contributed by atoms with Crippen LogP contribution in [0.5, 0.6) is 5.75 Å². The Morgan fingerprint density at radius 1 is 1.18 bits per heavy atom. The van der Waals surface area contributed by atoms with Crippen molar-refractivity contribution < 1.29 is 17.9 Å². The molecule has 124 valence electrons. The van der Waals surface area contributed by atoms with Crippen LogP contribution in [-0.2, 0) is 14.8 Å². The van der Waals surface area contributed by atoms with Crippen LogP contribution in [0.25, 0.3) is 0 Å². The molecule has 0 heterocycles. The van der Waals surface area contributed by atoms with Gasteiger partial charge in [0.05, 0.1) is 18.6 Å². The molecule has 0 saturated heterocycles. The van der Waals surface area contributed by atoms with E-state index in [1.165, 1.54) is 26.3 Å². The first-order valence-corrected chi connectivity index (χ1v) is 8.23. The fraction of sp³-hybridized carbons (Fsp3) is 0.500. The zero-order valence-electron chi connectivity index (χ0n) is 13.4. The van der Waals surface area contributed by atoms with E-state index in [1.807, 2.05) is 19.0 Å². The van der Waals surface area contributed by atoms with Gasteiger partial charge in [0, 0.05) is 20.1 Å². The van der Waals surface area contributed by atoms with Gasteiger partial charge in [-0.15, -0.1) is 0 Å². The van der Waals surface area contributed by atoms with Crippen LogP contribution in [0.15, 0.2) is 29.2 Å². The van der Waals surface area contributed by atoms with Crippen molar-refractivity contribution in [2.24, 2.45) is 0 Å². The van der Waals surface area contributed by atoms with Crippen molar-refractivity contribution in [3.63, 3.8) is 0 Å². The second-order valence-electron chi connectivity index (χ2n) is 5.09. The van der Waals surface area contributed by atoms with Crippen LogP contribution in [0.2, 0.25) is 0 Å². The van der Waals surface area contributed by atoms with Gasteiger partial charge in [0.15, 0.2) is 0 Å². The van der Waals surface area contributed by atoms with E-state index in [2.05, 4.69) is 5.32 Å². The quantitative estimate of drug-likeness (QED) is 0.726. The average Bonchev–Trinajstić information content (AvgIpc) is 2.46. The minimum atomic E-state index is -3.69. The van der Waals surface area contributed by atoms with Crippen molar-refractivity contribution in [3.8, 4) is 5.75 Å². The van der Waals surface area contributed by atoms with E-state index in [0.717, 1.165) is 4.31 Å². The van der Waals surface area contributed by atoms with E-state index in [0.29, 0.717) is 18.8 Å². The van der Waals surface area contributed by atoms with Crippen molar-refractivity contribution >= 4 is 15.9 Å². The first kappa shape index (κ1) is 18.4. The van der Waals surface area contributed by atoms with Crippen LogP contribution in [0.4, 0.5) is 0 Å². The number of ether oxygens (including phenoxy) is 1. The third-order valence-corrected chi connectivity index (χ3v) is 4.83. The average molecular weight is 329 g/mol. The lowest BCUT2D eigenvalue weighted by Crippen LogP contribution is -2.40. The van der Waals surface area contributed by atoms with E-state index < -0.39 is 10.0 Å². The lowest BCUT2D eigenvalue weighted by atomic mass is 10.3. The van der Waals surface area contributed by atoms with Crippen molar-refractivity contribution in [3.05, 3.63) is 24.3 Å². The molecule has 1 aromatic carbocycles. The highest BCUT2D eigenvalue weighted by molar-refractivity contribution is 7.89. The number of rotatable bonds is 8. The van der Waals surface area contributed by atoms with Crippen molar-refractivity contribution in [1.82, 2.24) is 14.5 Å². The molecular formula is C14H23N3O4S. The molecule has 0 aromatic heterocycles. The molecule has 0 bridgehead atoms. The highest BCUT2D eigenvalue weighted by Gasteiger charge is 2.22. The van der Waals surface area contributed by atoms with Gasteiger partial charge in [-0.25, -0.2) is 8.42 Å².